The Bertz CT molecular complexity index is 966. The fourth-order valence-corrected chi connectivity index (χ4v) is 3.10. The molecule has 1 atom stereocenters. The van der Waals surface area contributed by atoms with Crippen LogP contribution in [-0.4, -0.2) is 25.4 Å². The molecule has 154 valence electrons. The molecule has 5 nitrogen and oxygen atoms in total. The van der Waals surface area contributed by atoms with Crippen molar-refractivity contribution in [2.75, 3.05) is 13.7 Å². The molecule has 30 heavy (non-hydrogen) atoms. The van der Waals surface area contributed by atoms with Gasteiger partial charge in [-0.1, -0.05) is 49.4 Å². The van der Waals surface area contributed by atoms with E-state index in [-0.39, 0.29) is 24.3 Å². The minimum Gasteiger partial charge on any atom is -0.497 e. The van der Waals surface area contributed by atoms with Gasteiger partial charge in [-0.2, -0.15) is 0 Å². The Balaban J connectivity index is 1.54. The van der Waals surface area contributed by atoms with E-state index in [1.807, 2.05) is 49.4 Å². The molecule has 3 rings (SSSR count). The van der Waals surface area contributed by atoms with Gasteiger partial charge in [-0.15, -0.1) is 0 Å². The first-order chi connectivity index (χ1) is 14.6. The number of ketones is 1. The van der Waals surface area contributed by atoms with Crippen molar-refractivity contribution in [2.24, 2.45) is 0 Å². The molecule has 0 bridgehead atoms. The maximum absolute atomic E-state index is 12.4. The lowest BCUT2D eigenvalue weighted by Crippen LogP contribution is -2.32. The number of methoxy groups -OCH3 is 1. The first-order valence-electron chi connectivity index (χ1n) is 9.86. The quantitative estimate of drug-likeness (QED) is 0.532. The number of ether oxygens (including phenoxy) is 2. The number of benzene rings is 3. The highest BCUT2D eigenvalue weighted by Crippen LogP contribution is 2.20. The topological polar surface area (TPSA) is 64.6 Å². The highest BCUT2D eigenvalue weighted by Gasteiger charge is 2.14. The Hall–Kier alpha value is -3.60. The lowest BCUT2D eigenvalue weighted by Gasteiger charge is -2.18. The van der Waals surface area contributed by atoms with Crippen molar-refractivity contribution in [3.63, 3.8) is 0 Å². The summed E-state index contributed by atoms with van der Waals surface area (Å²) in [5.74, 6) is 1.05. The lowest BCUT2D eigenvalue weighted by molar-refractivity contribution is -0.123. The van der Waals surface area contributed by atoms with Gasteiger partial charge in [0, 0.05) is 11.1 Å². The second kappa shape index (κ2) is 10.3. The molecule has 1 N–H and O–H groups in total. The zero-order valence-corrected chi connectivity index (χ0v) is 17.1. The molecule has 0 radical (unpaired) electrons. The normalized spacial score (nSPS) is 11.4. The van der Waals surface area contributed by atoms with Crippen LogP contribution in [0.5, 0.6) is 11.5 Å². The summed E-state index contributed by atoms with van der Waals surface area (Å²) < 4.78 is 10.8. The summed E-state index contributed by atoms with van der Waals surface area (Å²) >= 11 is 0. The zero-order valence-electron chi connectivity index (χ0n) is 17.1. The van der Waals surface area contributed by atoms with Crippen molar-refractivity contribution in [1.82, 2.24) is 5.32 Å². The smallest absolute Gasteiger partial charge is 0.258 e. The Morgan fingerprint density at radius 3 is 2.03 bits per heavy atom. The predicted molar refractivity (Wildman–Crippen MR) is 116 cm³/mol. The van der Waals surface area contributed by atoms with Crippen molar-refractivity contribution in [1.29, 1.82) is 0 Å². The minimum atomic E-state index is -0.206. The van der Waals surface area contributed by atoms with Crippen molar-refractivity contribution in [3.8, 4) is 11.5 Å². The number of hydrogen-bond donors (Lipinski definition) is 1. The third-order valence-electron chi connectivity index (χ3n) is 4.78. The van der Waals surface area contributed by atoms with Crippen LogP contribution in [0.1, 0.15) is 40.9 Å². The SMILES string of the molecule is CC[C@H](NC(=O)COc1ccc(C(=O)c2ccccc2)cc1)c1ccc(OC)cc1. The standard InChI is InChI=1S/C25H25NO4/c1-3-23(18-9-13-21(29-2)14-10-18)26-24(27)17-30-22-15-11-20(12-16-22)25(28)19-7-5-4-6-8-19/h4-16,23H,3,17H2,1-2H3,(H,26,27)/t23-/m0/s1. The Morgan fingerprint density at radius 1 is 0.833 bits per heavy atom. The molecule has 0 fully saturated rings. The van der Waals surface area contributed by atoms with E-state index in [1.54, 1.807) is 43.5 Å². The number of nitrogens with one attached hydrogen (secondary N) is 1. The molecule has 0 saturated heterocycles. The molecule has 5 heteroatoms. The summed E-state index contributed by atoms with van der Waals surface area (Å²) in [6.45, 7) is 1.91. The van der Waals surface area contributed by atoms with Crippen molar-refractivity contribution >= 4 is 11.7 Å². The van der Waals surface area contributed by atoms with Crippen LogP contribution >= 0.6 is 0 Å². The van der Waals surface area contributed by atoms with Gasteiger partial charge in [-0.3, -0.25) is 9.59 Å². The summed E-state index contributed by atoms with van der Waals surface area (Å²) in [4.78, 5) is 24.8. The third kappa shape index (κ3) is 5.47. The largest absolute Gasteiger partial charge is 0.497 e. The van der Waals surface area contributed by atoms with Crippen LogP contribution in [0.3, 0.4) is 0 Å². The summed E-state index contributed by atoms with van der Waals surface area (Å²) in [6, 6.07) is 23.4. The first-order valence-corrected chi connectivity index (χ1v) is 9.86. The van der Waals surface area contributed by atoms with Crippen molar-refractivity contribution in [2.45, 2.75) is 19.4 Å². The van der Waals surface area contributed by atoms with E-state index in [2.05, 4.69) is 5.32 Å². The van der Waals surface area contributed by atoms with Crippen LogP contribution in [0.15, 0.2) is 78.9 Å². The summed E-state index contributed by atoms with van der Waals surface area (Å²) in [5, 5.41) is 2.98. The minimum absolute atomic E-state index is 0.0508. The fourth-order valence-electron chi connectivity index (χ4n) is 3.10. The Labute approximate surface area is 176 Å². The maximum atomic E-state index is 12.4. The van der Waals surface area contributed by atoms with E-state index in [0.29, 0.717) is 16.9 Å². The summed E-state index contributed by atoms with van der Waals surface area (Å²) in [6.07, 6.45) is 0.758. The monoisotopic (exact) mass is 403 g/mol. The van der Waals surface area contributed by atoms with Gasteiger partial charge in [0.2, 0.25) is 0 Å². The van der Waals surface area contributed by atoms with Gasteiger partial charge in [0.05, 0.1) is 13.2 Å². The van der Waals surface area contributed by atoms with Gasteiger partial charge < -0.3 is 14.8 Å². The Kier molecular flexibility index (Phi) is 7.22. The molecular formula is C25H25NO4. The number of carbonyl (C=O) groups excluding carboxylic acids is 2. The van der Waals surface area contributed by atoms with Gasteiger partial charge in [0.25, 0.3) is 5.91 Å². The molecule has 3 aromatic rings. The van der Waals surface area contributed by atoms with Crippen LogP contribution in [0.4, 0.5) is 0 Å². The molecule has 3 aromatic carbocycles. The predicted octanol–water partition coefficient (Wildman–Crippen LogP) is 4.57. The number of amides is 1. The maximum Gasteiger partial charge on any atom is 0.258 e. The highest BCUT2D eigenvalue weighted by atomic mass is 16.5. The summed E-state index contributed by atoms with van der Waals surface area (Å²) in [5.41, 5.74) is 2.22. The molecule has 0 aliphatic carbocycles. The van der Waals surface area contributed by atoms with Crippen molar-refractivity contribution < 1.29 is 19.1 Å². The van der Waals surface area contributed by atoms with Crippen LogP contribution in [0, 0.1) is 0 Å². The molecule has 0 aliphatic rings. The van der Waals surface area contributed by atoms with E-state index in [4.69, 9.17) is 9.47 Å². The molecule has 0 aliphatic heterocycles. The zero-order chi connectivity index (χ0) is 21.3. The van der Waals surface area contributed by atoms with Crippen LogP contribution in [0.2, 0.25) is 0 Å². The van der Waals surface area contributed by atoms with Gasteiger partial charge >= 0.3 is 0 Å². The molecule has 0 aromatic heterocycles. The molecule has 1 amide bonds. The second-order valence-corrected chi connectivity index (χ2v) is 6.81. The van der Waals surface area contributed by atoms with Gasteiger partial charge in [0.15, 0.2) is 12.4 Å². The van der Waals surface area contributed by atoms with Crippen LogP contribution in [-0.2, 0) is 4.79 Å². The summed E-state index contributed by atoms with van der Waals surface area (Å²) in [7, 11) is 1.62. The fraction of sp³-hybridized carbons (Fsp3) is 0.200. The number of carbonyl (C=O) groups is 2. The highest BCUT2D eigenvalue weighted by molar-refractivity contribution is 6.08. The van der Waals surface area contributed by atoms with Crippen LogP contribution < -0.4 is 14.8 Å². The molecule has 0 saturated carbocycles. The van der Waals surface area contributed by atoms with E-state index in [1.165, 1.54) is 0 Å². The van der Waals surface area contributed by atoms with E-state index in [9.17, 15) is 9.59 Å². The second-order valence-electron chi connectivity index (χ2n) is 6.81. The van der Waals surface area contributed by atoms with E-state index in [0.717, 1.165) is 17.7 Å². The third-order valence-corrected chi connectivity index (χ3v) is 4.78. The molecular weight excluding hydrogens is 378 g/mol. The molecule has 0 heterocycles. The molecule has 0 spiro atoms. The van der Waals surface area contributed by atoms with E-state index < -0.39 is 0 Å². The van der Waals surface area contributed by atoms with Gasteiger partial charge in [-0.25, -0.2) is 0 Å². The van der Waals surface area contributed by atoms with Gasteiger partial charge in [-0.05, 0) is 48.4 Å². The lowest BCUT2D eigenvalue weighted by atomic mass is 10.0. The average molecular weight is 403 g/mol. The Morgan fingerprint density at radius 2 is 1.43 bits per heavy atom. The van der Waals surface area contributed by atoms with Gasteiger partial charge in [0.1, 0.15) is 11.5 Å². The number of rotatable bonds is 9. The average Bonchev–Trinajstić information content (AvgIpc) is 2.81. The van der Waals surface area contributed by atoms with Crippen molar-refractivity contribution in [3.05, 3.63) is 95.6 Å². The number of hydrogen-bond acceptors (Lipinski definition) is 4. The molecule has 0 unspecified atom stereocenters. The van der Waals surface area contributed by atoms with E-state index >= 15 is 0 Å². The first kappa shape index (κ1) is 21.1. The van der Waals surface area contributed by atoms with Crippen LogP contribution in [0.25, 0.3) is 0 Å².